The van der Waals surface area contributed by atoms with Gasteiger partial charge in [0, 0.05) is 17.7 Å². The Morgan fingerprint density at radius 1 is 1.14 bits per heavy atom. The van der Waals surface area contributed by atoms with E-state index in [-0.39, 0.29) is 12.2 Å². The second kappa shape index (κ2) is 6.65. The van der Waals surface area contributed by atoms with Crippen LogP contribution in [0.4, 0.5) is 8.78 Å². The number of hydrogen-bond donors (Lipinski definition) is 1. The maximum absolute atomic E-state index is 13.4. The van der Waals surface area contributed by atoms with Gasteiger partial charge in [-0.05, 0) is 35.9 Å². The van der Waals surface area contributed by atoms with Crippen LogP contribution in [0.1, 0.15) is 11.1 Å². The molecule has 0 heterocycles. The third-order valence-electron chi connectivity index (χ3n) is 2.71. The first-order valence-electron chi connectivity index (χ1n) is 6.12. The van der Waals surface area contributed by atoms with E-state index in [1.807, 2.05) is 0 Å². The van der Waals surface area contributed by atoms with Crippen LogP contribution < -0.4 is 4.74 Å². The first-order valence-corrected chi connectivity index (χ1v) is 6.12. The van der Waals surface area contributed by atoms with Gasteiger partial charge < -0.3 is 9.84 Å². The summed E-state index contributed by atoms with van der Waals surface area (Å²) in [5.41, 5.74) is 0.962. The van der Waals surface area contributed by atoms with Gasteiger partial charge in [0.1, 0.15) is 24.0 Å². The fourth-order valence-electron chi connectivity index (χ4n) is 1.64. The summed E-state index contributed by atoms with van der Waals surface area (Å²) in [6.45, 7) is -0.0174. The van der Waals surface area contributed by atoms with Crippen molar-refractivity contribution in [2.24, 2.45) is 0 Å². The second-order valence-corrected chi connectivity index (χ2v) is 4.27. The zero-order valence-electron chi connectivity index (χ0n) is 10.9. The van der Waals surface area contributed by atoms with Crippen LogP contribution in [0.25, 0.3) is 6.08 Å². The van der Waals surface area contributed by atoms with Gasteiger partial charge in [-0.1, -0.05) is 12.1 Å². The molecule has 0 spiro atoms. The smallest absolute Gasteiger partial charge is 0.328 e. The van der Waals surface area contributed by atoms with Crippen LogP contribution in [-0.2, 0) is 11.4 Å². The lowest BCUT2D eigenvalue weighted by Crippen LogP contribution is -1.99. The van der Waals surface area contributed by atoms with Crippen molar-refractivity contribution in [2.45, 2.75) is 6.61 Å². The zero-order valence-corrected chi connectivity index (χ0v) is 10.9. The summed E-state index contributed by atoms with van der Waals surface area (Å²) in [5, 5.41) is 8.51. The molecule has 108 valence electrons. The number of halogens is 2. The van der Waals surface area contributed by atoms with Gasteiger partial charge in [0.2, 0.25) is 0 Å². The molecule has 2 aromatic carbocycles. The van der Waals surface area contributed by atoms with Crippen molar-refractivity contribution in [2.75, 3.05) is 0 Å². The lowest BCUT2D eigenvalue weighted by Gasteiger charge is -2.07. The average molecular weight is 290 g/mol. The third kappa shape index (κ3) is 4.42. The third-order valence-corrected chi connectivity index (χ3v) is 2.71. The van der Waals surface area contributed by atoms with Gasteiger partial charge in [0.15, 0.2) is 0 Å². The molecule has 0 aliphatic carbocycles. The summed E-state index contributed by atoms with van der Waals surface area (Å²) in [7, 11) is 0. The number of carboxylic acid groups (broad SMARTS) is 1. The minimum Gasteiger partial charge on any atom is -0.489 e. The van der Waals surface area contributed by atoms with E-state index in [0.29, 0.717) is 11.3 Å². The number of ether oxygens (including phenoxy) is 1. The highest BCUT2D eigenvalue weighted by atomic mass is 19.1. The van der Waals surface area contributed by atoms with Crippen molar-refractivity contribution < 1.29 is 23.4 Å². The molecular weight excluding hydrogens is 278 g/mol. The molecule has 2 rings (SSSR count). The lowest BCUT2D eigenvalue weighted by molar-refractivity contribution is -0.131. The predicted octanol–water partition coefficient (Wildman–Crippen LogP) is 3.64. The Kier molecular flexibility index (Phi) is 4.66. The number of benzene rings is 2. The second-order valence-electron chi connectivity index (χ2n) is 4.27. The highest BCUT2D eigenvalue weighted by molar-refractivity contribution is 5.85. The van der Waals surface area contributed by atoms with Crippen LogP contribution in [0.2, 0.25) is 0 Å². The topological polar surface area (TPSA) is 46.5 Å². The molecule has 0 bridgehead atoms. The molecule has 5 heteroatoms. The maximum Gasteiger partial charge on any atom is 0.328 e. The van der Waals surface area contributed by atoms with E-state index in [0.717, 1.165) is 12.1 Å². The summed E-state index contributed by atoms with van der Waals surface area (Å²) in [4.78, 5) is 10.4. The van der Waals surface area contributed by atoms with Crippen LogP contribution in [0.15, 0.2) is 48.5 Å². The molecule has 0 aliphatic rings. The van der Waals surface area contributed by atoms with Gasteiger partial charge >= 0.3 is 5.97 Å². The molecule has 0 saturated heterocycles. The highest BCUT2D eigenvalue weighted by Crippen LogP contribution is 2.16. The van der Waals surface area contributed by atoms with Gasteiger partial charge in [-0.15, -0.1) is 0 Å². The Hall–Kier alpha value is -2.69. The first kappa shape index (κ1) is 14.7. The molecule has 1 N–H and O–H groups in total. The van der Waals surface area contributed by atoms with Crippen LogP contribution >= 0.6 is 0 Å². The maximum atomic E-state index is 13.4. The van der Waals surface area contributed by atoms with Gasteiger partial charge in [0.05, 0.1) is 0 Å². The quantitative estimate of drug-likeness (QED) is 0.855. The lowest BCUT2D eigenvalue weighted by atomic mass is 10.2. The Labute approximate surface area is 120 Å². The van der Waals surface area contributed by atoms with E-state index in [1.165, 1.54) is 18.2 Å². The van der Waals surface area contributed by atoms with Crippen LogP contribution in [0.5, 0.6) is 5.75 Å². The summed E-state index contributed by atoms with van der Waals surface area (Å²) in [6, 6.07) is 9.94. The summed E-state index contributed by atoms with van der Waals surface area (Å²) >= 11 is 0. The molecule has 2 aromatic rings. The minimum absolute atomic E-state index is 0.0174. The van der Waals surface area contributed by atoms with Gasteiger partial charge in [-0.25, -0.2) is 13.6 Å². The van der Waals surface area contributed by atoms with Gasteiger partial charge in [-0.3, -0.25) is 0 Å². The molecule has 0 atom stereocenters. The van der Waals surface area contributed by atoms with E-state index < -0.39 is 17.6 Å². The molecule has 0 fully saturated rings. The van der Waals surface area contributed by atoms with E-state index >= 15 is 0 Å². The van der Waals surface area contributed by atoms with Crippen LogP contribution in [-0.4, -0.2) is 11.1 Å². The zero-order chi connectivity index (χ0) is 15.2. The fourth-order valence-corrected chi connectivity index (χ4v) is 1.64. The normalized spacial score (nSPS) is 10.8. The number of aliphatic carboxylic acids is 1. The summed E-state index contributed by atoms with van der Waals surface area (Å²) in [5.74, 6) is -1.81. The van der Waals surface area contributed by atoms with E-state index in [9.17, 15) is 13.6 Å². The molecule has 0 aromatic heterocycles. The van der Waals surface area contributed by atoms with Gasteiger partial charge in [0.25, 0.3) is 0 Å². The molecule has 0 amide bonds. The van der Waals surface area contributed by atoms with E-state index in [4.69, 9.17) is 9.84 Å². The SMILES string of the molecule is O=C(O)C=Cc1ccc(OCc2ccc(F)cc2F)cc1. The fraction of sp³-hybridized carbons (Fsp3) is 0.0625. The van der Waals surface area contributed by atoms with E-state index in [1.54, 1.807) is 24.3 Å². The largest absolute Gasteiger partial charge is 0.489 e. The van der Waals surface area contributed by atoms with E-state index in [2.05, 4.69) is 0 Å². The van der Waals surface area contributed by atoms with Crippen molar-refractivity contribution in [1.82, 2.24) is 0 Å². The number of carboxylic acids is 1. The number of rotatable bonds is 5. The molecule has 3 nitrogen and oxygen atoms in total. The van der Waals surface area contributed by atoms with Crippen molar-refractivity contribution in [3.8, 4) is 5.75 Å². The summed E-state index contributed by atoms with van der Waals surface area (Å²) < 4.78 is 31.6. The molecule has 21 heavy (non-hydrogen) atoms. The first-order chi connectivity index (χ1) is 10.0. The Morgan fingerprint density at radius 3 is 2.48 bits per heavy atom. The van der Waals surface area contributed by atoms with Crippen LogP contribution in [0, 0.1) is 11.6 Å². The van der Waals surface area contributed by atoms with Crippen molar-refractivity contribution in [3.05, 3.63) is 71.3 Å². The standard InChI is InChI=1S/C16H12F2O3/c17-13-5-4-12(15(18)9-13)10-21-14-6-1-11(2-7-14)3-8-16(19)20/h1-9H,10H2,(H,19,20). The summed E-state index contributed by atoms with van der Waals surface area (Å²) in [6.07, 6.45) is 2.48. The molecule has 0 radical (unpaired) electrons. The van der Waals surface area contributed by atoms with Crippen molar-refractivity contribution in [1.29, 1.82) is 0 Å². The van der Waals surface area contributed by atoms with Crippen LogP contribution in [0.3, 0.4) is 0 Å². The molecule has 0 saturated carbocycles. The Morgan fingerprint density at radius 2 is 1.86 bits per heavy atom. The monoisotopic (exact) mass is 290 g/mol. The average Bonchev–Trinajstić information content (AvgIpc) is 2.45. The Bertz CT molecular complexity index is 664. The number of hydrogen-bond acceptors (Lipinski definition) is 2. The highest BCUT2D eigenvalue weighted by Gasteiger charge is 2.04. The minimum atomic E-state index is -1.03. The van der Waals surface area contributed by atoms with Crippen molar-refractivity contribution in [3.63, 3.8) is 0 Å². The Balaban J connectivity index is 1.99. The molecular formula is C16H12F2O3. The molecule has 0 aliphatic heterocycles. The predicted molar refractivity (Wildman–Crippen MR) is 73.8 cm³/mol. The molecule has 0 unspecified atom stereocenters. The number of carbonyl (C=O) groups is 1. The van der Waals surface area contributed by atoms with Gasteiger partial charge in [-0.2, -0.15) is 0 Å². The van der Waals surface area contributed by atoms with Crippen molar-refractivity contribution >= 4 is 12.0 Å².